The van der Waals surface area contributed by atoms with E-state index >= 15 is 0 Å². The molecule has 3 aromatic carbocycles. The van der Waals surface area contributed by atoms with Crippen LogP contribution < -0.4 is 14.4 Å². The monoisotopic (exact) mass is 531 g/mol. The Hall–Kier alpha value is -3.08. The van der Waals surface area contributed by atoms with Crippen molar-refractivity contribution < 1.29 is 27.2 Å². The molecule has 1 fully saturated rings. The lowest BCUT2D eigenvalue weighted by atomic mass is 9.86. The number of rotatable bonds is 5. The van der Waals surface area contributed by atoms with E-state index in [1.54, 1.807) is 0 Å². The molecule has 1 saturated carbocycles. The first-order valence-electron chi connectivity index (χ1n) is 12.2. The zero-order chi connectivity index (χ0) is 26.2. The quantitative estimate of drug-likeness (QED) is 0.394. The van der Waals surface area contributed by atoms with Crippen LogP contribution in [0.15, 0.2) is 77.7 Å². The third-order valence-corrected chi connectivity index (χ3v) is 8.60. The zero-order valence-electron chi connectivity index (χ0n) is 19.9. The molecule has 3 aromatic rings. The van der Waals surface area contributed by atoms with Crippen LogP contribution in [0.25, 0.3) is 0 Å². The van der Waals surface area contributed by atoms with Gasteiger partial charge >= 0.3 is 6.36 Å². The van der Waals surface area contributed by atoms with Crippen LogP contribution in [0.4, 0.5) is 24.5 Å². The van der Waals surface area contributed by atoms with Crippen molar-refractivity contribution in [1.29, 1.82) is 4.78 Å². The van der Waals surface area contributed by atoms with Gasteiger partial charge < -0.3 is 14.7 Å². The van der Waals surface area contributed by atoms with Gasteiger partial charge in [0.05, 0.1) is 17.0 Å². The highest BCUT2D eigenvalue weighted by atomic mass is 32.2. The van der Waals surface area contributed by atoms with Gasteiger partial charge in [0.15, 0.2) is 0 Å². The molecule has 1 heterocycles. The van der Waals surface area contributed by atoms with Crippen LogP contribution in [0.3, 0.4) is 0 Å². The summed E-state index contributed by atoms with van der Waals surface area (Å²) in [5.41, 5.74) is 4.44. The number of aliphatic hydroxyl groups excluding tert-OH is 1. The van der Waals surface area contributed by atoms with E-state index in [1.165, 1.54) is 23.3 Å². The average Bonchev–Trinajstić information content (AvgIpc) is 3.02. The number of aliphatic hydroxyl groups is 1. The minimum Gasteiger partial charge on any atom is -0.406 e. The van der Waals surface area contributed by atoms with Gasteiger partial charge in [-0.2, -0.15) is 0 Å². The summed E-state index contributed by atoms with van der Waals surface area (Å²) in [6.45, 7) is 0. The Labute approximate surface area is 214 Å². The van der Waals surface area contributed by atoms with Gasteiger partial charge in [0, 0.05) is 17.4 Å². The first-order valence-corrected chi connectivity index (χ1v) is 13.7. The van der Waals surface area contributed by atoms with Crippen LogP contribution in [0.1, 0.15) is 30.4 Å². The highest BCUT2D eigenvalue weighted by Gasteiger charge is 2.39. The lowest BCUT2D eigenvalue weighted by Gasteiger charge is -2.43. The number of hydrogen-bond acceptors (Lipinski definition) is 5. The van der Waals surface area contributed by atoms with Gasteiger partial charge in [0.2, 0.25) is 0 Å². The zero-order valence-corrected chi connectivity index (χ0v) is 20.8. The van der Waals surface area contributed by atoms with Crippen LogP contribution in [-0.4, -0.2) is 33.9 Å². The molecule has 6 nitrogen and oxygen atoms in total. The normalized spacial score (nSPS) is 23.4. The molecule has 196 valence electrons. The van der Waals surface area contributed by atoms with Crippen molar-refractivity contribution in [3.05, 3.63) is 83.9 Å². The summed E-state index contributed by atoms with van der Waals surface area (Å²) >= 11 is 0. The average molecular weight is 532 g/mol. The standard InChI is InChI=1S/C27H28F3N3O3S/c28-27(29,30)36-20-14-16-21(17-15-20)37(31,35)32-22-8-5-11-25(26(22)34)33-23-9-3-1-6-18(23)12-13-19-7-2-4-10-24(19)33/h1-4,6-7,9-10,14-17,22,25-26,34H,5,8,11-13H2,(H2,31,32,35)/t22-,25+,26-,37?/m1/s1. The number of nitrogens with zero attached hydrogens (tertiary/aromatic N) is 1. The van der Waals surface area contributed by atoms with Crippen molar-refractivity contribution in [2.75, 3.05) is 4.90 Å². The van der Waals surface area contributed by atoms with E-state index in [9.17, 15) is 22.5 Å². The number of nitrogens with one attached hydrogen (secondary N) is 2. The lowest BCUT2D eigenvalue weighted by Crippen LogP contribution is -2.55. The van der Waals surface area contributed by atoms with Gasteiger partial charge in [-0.1, -0.05) is 36.4 Å². The number of aryl methyl sites for hydroxylation is 2. The first kappa shape index (κ1) is 25.6. The molecule has 0 amide bonds. The highest BCUT2D eigenvalue weighted by Crippen LogP contribution is 2.41. The minimum absolute atomic E-state index is 0.0156. The van der Waals surface area contributed by atoms with E-state index in [4.69, 9.17) is 4.78 Å². The fraction of sp³-hybridized carbons (Fsp3) is 0.333. The number of ether oxygens (including phenoxy) is 1. The summed E-state index contributed by atoms with van der Waals surface area (Å²) in [6.07, 6.45) is -2.05. The Morgan fingerprint density at radius 2 is 1.49 bits per heavy atom. The Balaban J connectivity index is 1.41. The molecule has 0 aromatic heterocycles. The predicted molar refractivity (Wildman–Crippen MR) is 135 cm³/mol. The van der Waals surface area contributed by atoms with Crippen molar-refractivity contribution in [2.24, 2.45) is 0 Å². The second-order valence-electron chi connectivity index (χ2n) is 9.42. The minimum atomic E-state index is -4.84. The molecule has 4 atom stereocenters. The van der Waals surface area contributed by atoms with E-state index in [0.717, 1.165) is 42.8 Å². The van der Waals surface area contributed by atoms with Crippen molar-refractivity contribution in [3.8, 4) is 5.75 Å². The molecular weight excluding hydrogens is 503 g/mol. The number of anilines is 2. The summed E-state index contributed by atoms with van der Waals surface area (Å²) < 4.78 is 65.8. The van der Waals surface area contributed by atoms with Gasteiger partial charge in [0.1, 0.15) is 15.7 Å². The maximum absolute atomic E-state index is 13.3. The Bertz CT molecular complexity index is 1320. The summed E-state index contributed by atoms with van der Waals surface area (Å²) in [5.74, 6) is -0.456. The van der Waals surface area contributed by atoms with E-state index in [2.05, 4.69) is 38.6 Å². The molecule has 5 rings (SSSR count). The van der Waals surface area contributed by atoms with Gasteiger partial charge in [-0.15, -0.1) is 13.2 Å². The topological polar surface area (TPSA) is 85.7 Å². The molecule has 0 radical (unpaired) electrons. The summed E-state index contributed by atoms with van der Waals surface area (Å²) in [7, 11) is -3.60. The molecule has 3 N–H and O–H groups in total. The summed E-state index contributed by atoms with van der Waals surface area (Å²) in [4.78, 5) is 2.20. The molecule has 0 saturated heterocycles. The van der Waals surface area contributed by atoms with Gasteiger partial charge in [0.25, 0.3) is 0 Å². The molecule has 1 aliphatic heterocycles. The molecule has 0 bridgehead atoms. The molecule has 1 aliphatic carbocycles. The van der Waals surface area contributed by atoms with Crippen LogP contribution >= 0.6 is 0 Å². The smallest absolute Gasteiger partial charge is 0.406 e. The first-order chi connectivity index (χ1) is 17.6. The Morgan fingerprint density at radius 3 is 2.05 bits per heavy atom. The fourth-order valence-corrected chi connectivity index (χ4v) is 6.69. The summed E-state index contributed by atoms with van der Waals surface area (Å²) in [6, 6.07) is 19.7. The molecule has 37 heavy (non-hydrogen) atoms. The largest absolute Gasteiger partial charge is 0.573 e. The van der Waals surface area contributed by atoms with E-state index in [-0.39, 0.29) is 10.9 Å². The van der Waals surface area contributed by atoms with Crippen molar-refractivity contribution in [3.63, 3.8) is 0 Å². The third kappa shape index (κ3) is 5.46. The molecule has 0 spiro atoms. The second-order valence-corrected chi connectivity index (χ2v) is 11.2. The fourth-order valence-electron chi connectivity index (χ4n) is 5.35. The van der Waals surface area contributed by atoms with E-state index in [1.807, 2.05) is 24.3 Å². The van der Waals surface area contributed by atoms with Gasteiger partial charge in [-0.3, -0.25) is 0 Å². The van der Waals surface area contributed by atoms with Gasteiger partial charge in [-0.05, 0) is 79.6 Å². The third-order valence-electron chi connectivity index (χ3n) is 7.03. The molecule has 10 heteroatoms. The number of para-hydroxylation sites is 2. The van der Waals surface area contributed by atoms with Gasteiger partial charge in [-0.25, -0.2) is 13.7 Å². The Kier molecular flexibility index (Phi) is 6.91. The highest BCUT2D eigenvalue weighted by molar-refractivity contribution is 7.90. The van der Waals surface area contributed by atoms with Crippen LogP contribution in [0.2, 0.25) is 0 Å². The predicted octanol–water partition coefficient (Wildman–Crippen LogP) is 5.71. The number of fused-ring (bicyclic) bond motifs is 2. The van der Waals surface area contributed by atoms with Crippen molar-refractivity contribution in [1.82, 2.24) is 4.72 Å². The van der Waals surface area contributed by atoms with E-state index in [0.29, 0.717) is 12.8 Å². The Morgan fingerprint density at radius 1 is 0.919 bits per heavy atom. The molecule has 1 unspecified atom stereocenters. The lowest BCUT2D eigenvalue weighted by molar-refractivity contribution is -0.274. The molecule has 2 aliphatic rings. The SMILES string of the molecule is N=S(=O)(N[C@@H]1CCC[C@H](N2c3ccccc3CCc3ccccc32)[C@@H]1O)c1ccc(OC(F)(F)F)cc1. The van der Waals surface area contributed by atoms with Crippen LogP contribution in [-0.2, 0) is 22.8 Å². The van der Waals surface area contributed by atoms with Crippen molar-refractivity contribution >= 4 is 21.3 Å². The van der Waals surface area contributed by atoms with Crippen molar-refractivity contribution in [2.45, 2.75) is 61.5 Å². The maximum Gasteiger partial charge on any atom is 0.573 e. The number of benzene rings is 3. The van der Waals surface area contributed by atoms with Crippen LogP contribution in [0, 0.1) is 4.78 Å². The number of alkyl halides is 3. The molecular formula is C27H28F3N3O3S. The van der Waals surface area contributed by atoms with Crippen LogP contribution in [0.5, 0.6) is 5.75 Å². The maximum atomic E-state index is 13.3. The summed E-state index contributed by atoms with van der Waals surface area (Å²) in [5, 5.41) is 11.5. The number of halogens is 3. The van der Waals surface area contributed by atoms with E-state index < -0.39 is 34.2 Å². The number of hydrogen-bond donors (Lipinski definition) is 3. The second kappa shape index (κ2) is 10.00.